The van der Waals surface area contributed by atoms with Crippen molar-refractivity contribution in [1.82, 2.24) is 14.5 Å². The van der Waals surface area contributed by atoms with Gasteiger partial charge in [0.05, 0.1) is 19.4 Å². The largest absolute Gasteiger partial charge is 0.467 e. The van der Waals surface area contributed by atoms with Gasteiger partial charge < -0.3 is 14.1 Å². The Morgan fingerprint density at radius 3 is 2.96 bits per heavy atom. The van der Waals surface area contributed by atoms with Crippen molar-refractivity contribution < 1.29 is 18.7 Å². The molecule has 7 heteroatoms. The molecule has 0 aliphatic heterocycles. The lowest BCUT2D eigenvalue weighted by Gasteiger charge is -2.28. The summed E-state index contributed by atoms with van der Waals surface area (Å²) in [6.45, 7) is 5.95. The monoisotopic (exact) mass is 345 g/mol. The Hall–Kier alpha value is -2.83. The number of allylic oxidation sites excluding steroid dienone is 1. The van der Waals surface area contributed by atoms with Crippen LogP contribution in [0.1, 0.15) is 31.9 Å². The van der Waals surface area contributed by atoms with Crippen molar-refractivity contribution in [3.63, 3.8) is 0 Å². The lowest BCUT2D eigenvalue weighted by molar-refractivity contribution is -0.149. The molecule has 7 nitrogen and oxygen atoms in total. The van der Waals surface area contributed by atoms with Gasteiger partial charge in [-0.2, -0.15) is 0 Å². The van der Waals surface area contributed by atoms with E-state index in [0.717, 1.165) is 6.42 Å². The Labute approximate surface area is 146 Å². The molecule has 2 aromatic heterocycles. The second-order valence-electron chi connectivity index (χ2n) is 5.48. The minimum Gasteiger partial charge on any atom is -0.467 e. The van der Waals surface area contributed by atoms with Crippen molar-refractivity contribution in [3.05, 3.63) is 55.5 Å². The number of aromatic nitrogens is 2. The molecule has 0 aromatic carbocycles. The lowest BCUT2D eigenvalue weighted by atomic mass is 10.2. The van der Waals surface area contributed by atoms with Crippen molar-refractivity contribution in [2.24, 2.45) is 0 Å². The molecular formula is C18H23N3O4. The summed E-state index contributed by atoms with van der Waals surface area (Å²) in [5, 5.41) is 0. The Bertz CT molecular complexity index is 665. The molecule has 0 fully saturated rings. The third-order valence-electron chi connectivity index (χ3n) is 3.71. The maximum Gasteiger partial charge on any atom is 0.330 e. The standard InChI is InChI=1S/C18H23N3O4/c1-3-5-6-11-25-17(22)16(4-2)21(13-15-8-7-12-24-15)18(23)20-10-9-19-14-20/h3,7-10,12,14,16H,1,4-6,11,13H2,2H3/t16-/m1/s1. The molecule has 134 valence electrons. The second kappa shape index (κ2) is 9.46. The summed E-state index contributed by atoms with van der Waals surface area (Å²) >= 11 is 0. The third-order valence-corrected chi connectivity index (χ3v) is 3.71. The predicted molar refractivity (Wildman–Crippen MR) is 91.7 cm³/mol. The van der Waals surface area contributed by atoms with E-state index in [1.807, 2.05) is 6.92 Å². The Kier molecular flexibility index (Phi) is 7.00. The fourth-order valence-corrected chi connectivity index (χ4v) is 2.41. The molecule has 0 unspecified atom stereocenters. The SMILES string of the molecule is C=CCCCOC(=O)[C@@H](CC)N(Cc1ccco1)C(=O)n1ccnc1. The van der Waals surface area contributed by atoms with Crippen LogP contribution in [0.5, 0.6) is 0 Å². The smallest absolute Gasteiger partial charge is 0.330 e. The Morgan fingerprint density at radius 1 is 1.52 bits per heavy atom. The molecule has 0 spiro atoms. The zero-order valence-corrected chi connectivity index (χ0v) is 14.3. The molecule has 2 aromatic rings. The van der Waals surface area contributed by atoms with E-state index in [1.165, 1.54) is 28.3 Å². The first-order valence-electron chi connectivity index (χ1n) is 8.26. The quantitative estimate of drug-likeness (QED) is 0.396. The molecule has 0 N–H and O–H groups in total. The van der Waals surface area contributed by atoms with Crippen LogP contribution in [-0.2, 0) is 16.1 Å². The highest BCUT2D eigenvalue weighted by atomic mass is 16.5. The fourth-order valence-electron chi connectivity index (χ4n) is 2.41. The maximum absolute atomic E-state index is 12.8. The number of furan rings is 1. The molecule has 0 bridgehead atoms. The number of hydrogen-bond acceptors (Lipinski definition) is 5. The fraction of sp³-hybridized carbons (Fsp3) is 0.389. The molecule has 0 radical (unpaired) electrons. The van der Waals surface area contributed by atoms with Gasteiger partial charge in [0, 0.05) is 12.4 Å². The summed E-state index contributed by atoms with van der Waals surface area (Å²) in [6, 6.07) is 2.44. The first-order chi connectivity index (χ1) is 12.2. The number of hydrogen-bond donors (Lipinski definition) is 0. The summed E-state index contributed by atoms with van der Waals surface area (Å²) in [7, 11) is 0. The number of nitrogens with zero attached hydrogens (tertiary/aromatic N) is 3. The summed E-state index contributed by atoms with van der Waals surface area (Å²) < 4.78 is 12.0. The third kappa shape index (κ3) is 5.07. The number of rotatable bonds is 9. The molecule has 0 saturated carbocycles. The molecule has 1 atom stereocenters. The van der Waals surface area contributed by atoms with Gasteiger partial charge in [0.2, 0.25) is 0 Å². The Balaban J connectivity index is 2.14. The van der Waals surface area contributed by atoms with Gasteiger partial charge in [0.25, 0.3) is 0 Å². The van der Waals surface area contributed by atoms with Gasteiger partial charge in [0.1, 0.15) is 18.1 Å². The van der Waals surface area contributed by atoms with Crippen molar-refractivity contribution in [2.45, 2.75) is 38.8 Å². The number of amides is 1. The van der Waals surface area contributed by atoms with E-state index in [-0.39, 0.29) is 12.6 Å². The first-order valence-corrected chi connectivity index (χ1v) is 8.26. The van der Waals surface area contributed by atoms with Crippen LogP contribution in [0.25, 0.3) is 0 Å². The van der Waals surface area contributed by atoms with E-state index in [9.17, 15) is 9.59 Å². The van der Waals surface area contributed by atoms with Crippen LogP contribution in [-0.4, -0.2) is 39.1 Å². The van der Waals surface area contributed by atoms with Gasteiger partial charge in [-0.15, -0.1) is 6.58 Å². The van der Waals surface area contributed by atoms with Crippen molar-refractivity contribution in [3.8, 4) is 0 Å². The van der Waals surface area contributed by atoms with E-state index < -0.39 is 12.0 Å². The molecule has 0 aliphatic rings. The van der Waals surface area contributed by atoms with E-state index in [0.29, 0.717) is 25.2 Å². The van der Waals surface area contributed by atoms with Crippen LogP contribution in [0.4, 0.5) is 4.79 Å². The Morgan fingerprint density at radius 2 is 2.36 bits per heavy atom. The number of imidazole rings is 1. The van der Waals surface area contributed by atoms with Gasteiger partial charge in [-0.3, -0.25) is 4.57 Å². The highest BCUT2D eigenvalue weighted by Gasteiger charge is 2.31. The number of esters is 1. The van der Waals surface area contributed by atoms with Crippen LogP contribution in [0, 0.1) is 0 Å². The van der Waals surface area contributed by atoms with Gasteiger partial charge in [0.15, 0.2) is 0 Å². The van der Waals surface area contributed by atoms with Gasteiger partial charge >= 0.3 is 12.0 Å². The lowest BCUT2D eigenvalue weighted by Crippen LogP contribution is -2.46. The number of carbonyl (C=O) groups is 2. The van der Waals surface area contributed by atoms with Crippen LogP contribution in [0.2, 0.25) is 0 Å². The van der Waals surface area contributed by atoms with E-state index in [1.54, 1.807) is 24.4 Å². The van der Waals surface area contributed by atoms with E-state index in [4.69, 9.17) is 9.15 Å². The normalized spacial score (nSPS) is 11.7. The minimum absolute atomic E-state index is 0.171. The minimum atomic E-state index is -0.705. The van der Waals surface area contributed by atoms with Gasteiger partial charge in [-0.25, -0.2) is 14.6 Å². The van der Waals surface area contributed by atoms with Gasteiger partial charge in [-0.1, -0.05) is 13.0 Å². The van der Waals surface area contributed by atoms with Gasteiger partial charge in [-0.05, 0) is 31.4 Å². The molecule has 2 heterocycles. The molecule has 0 aliphatic carbocycles. The topological polar surface area (TPSA) is 77.6 Å². The highest BCUT2D eigenvalue weighted by molar-refractivity contribution is 5.84. The predicted octanol–water partition coefficient (Wildman–Crippen LogP) is 3.23. The summed E-state index contributed by atoms with van der Waals surface area (Å²) in [6.07, 6.45) is 9.67. The molecule has 1 amide bonds. The summed E-state index contributed by atoms with van der Waals surface area (Å²) in [4.78, 5) is 30.6. The maximum atomic E-state index is 12.8. The first kappa shape index (κ1) is 18.5. The average molecular weight is 345 g/mol. The van der Waals surface area contributed by atoms with Crippen LogP contribution < -0.4 is 0 Å². The zero-order chi connectivity index (χ0) is 18.1. The van der Waals surface area contributed by atoms with Crippen molar-refractivity contribution in [1.29, 1.82) is 0 Å². The highest BCUT2D eigenvalue weighted by Crippen LogP contribution is 2.15. The second-order valence-corrected chi connectivity index (χ2v) is 5.48. The van der Waals surface area contributed by atoms with E-state index >= 15 is 0 Å². The summed E-state index contributed by atoms with van der Waals surface area (Å²) in [5.41, 5.74) is 0. The average Bonchev–Trinajstić information content (AvgIpc) is 3.31. The number of ether oxygens (including phenoxy) is 1. The van der Waals surface area contributed by atoms with Crippen LogP contribution >= 0.6 is 0 Å². The number of carbonyl (C=O) groups excluding carboxylic acids is 2. The zero-order valence-electron chi connectivity index (χ0n) is 14.3. The molecule has 0 saturated heterocycles. The molecular weight excluding hydrogens is 322 g/mol. The van der Waals surface area contributed by atoms with Crippen LogP contribution in [0.15, 0.2) is 54.2 Å². The van der Waals surface area contributed by atoms with Crippen LogP contribution in [0.3, 0.4) is 0 Å². The molecule has 2 rings (SSSR count). The van der Waals surface area contributed by atoms with E-state index in [2.05, 4.69) is 11.6 Å². The van der Waals surface area contributed by atoms with Crippen molar-refractivity contribution >= 4 is 12.0 Å². The van der Waals surface area contributed by atoms with Crippen molar-refractivity contribution in [2.75, 3.05) is 6.61 Å². The summed E-state index contributed by atoms with van der Waals surface area (Å²) in [5.74, 6) is 0.165. The number of unbranched alkanes of at least 4 members (excludes halogenated alkanes) is 1. The molecule has 25 heavy (non-hydrogen) atoms.